The lowest BCUT2D eigenvalue weighted by Gasteiger charge is -2.14. The van der Waals surface area contributed by atoms with Crippen LogP contribution in [0.1, 0.15) is 12.1 Å². The number of carbonyl (C=O) groups is 1. The highest BCUT2D eigenvalue weighted by molar-refractivity contribution is 5.79. The number of hydrogen-bond donors (Lipinski definition) is 0. The summed E-state index contributed by atoms with van der Waals surface area (Å²) in [5, 5.41) is 8.72. The summed E-state index contributed by atoms with van der Waals surface area (Å²) in [6.07, 6.45) is 2.06. The summed E-state index contributed by atoms with van der Waals surface area (Å²) in [7, 11) is 0. The Bertz CT molecular complexity index is 396. The Hall–Kier alpha value is -1.89. The van der Waals surface area contributed by atoms with Crippen molar-refractivity contribution in [1.29, 1.82) is 5.26 Å². The molecule has 0 N–H and O–H groups in total. The first-order valence-corrected chi connectivity index (χ1v) is 4.87. The fourth-order valence-corrected chi connectivity index (χ4v) is 1.70. The standard InChI is InChI=1S/C11H11N3O/c12-6-9-5-11(15)14(7-9)8-10-3-1-2-4-13-10/h1-4,9H,5,7-8H2. The van der Waals surface area contributed by atoms with E-state index in [-0.39, 0.29) is 11.8 Å². The van der Waals surface area contributed by atoms with E-state index < -0.39 is 0 Å². The number of nitrogens with zero attached hydrogens (tertiary/aromatic N) is 3. The van der Waals surface area contributed by atoms with Crippen molar-refractivity contribution in [3.8, 4) is 6.07 Å². The molecule has 4 nitrogen and oxygen atoms in total. The zero-order valence-corrected chi connectivity index (χ0v) is 8.26. The van der Waals surface area contributed by atoms with Gasteiger partial charge in [-0.15, -0.1) is 0 Å². The molecule has 1 aliphatic rings. The van der Waals surface area contributed by atoms with Crippen molar-refractivity contribution in [2.75, 3.05) is 6.54 Å². The molecule has 76 valence electrons. The number of pyridine rings is 1. The zero-order valence-electron chi connectivity index (χ0n) is 8.26. The number of rotatable bonds is 2. The maximum absolute atomic E-state index is 11.5. The van der Waals surface area contributed by atoms with E-state index in [0.29, 0.717) is 19.5 Å². The van der Waals surface area contributed by atoms with Gasteiger partial charge in [0.25, 0.3) is 0 Å². The van der Waals surface area contributed by atoms with Crippen LogP contribution in [0.25, 0.3) is 0 Å². The smallest absolute Gasteiger partial charge is 0.224 e. The molecule has 1 aliphatic heterocycles. The van der Waals surface area contributed by atoms with Crippen LogP contribution in [0.4, 0.5) is 0 Å². The molecule has 4 heteroatoms. The van der Waals surface area contributed by atoms with Crippen LogP contribution >= 0.6 is 0 Å². The molecule has 1 fully saturated rings. The van der Waals surface area contributed by atoms with E-state index in [1.54, 1.807) is 11.1 Å². The molecule has 1 aromatic heterocycles. The normalized spacial score (nSPS) is 20.3. The first kappa shape index (κ1) is 9.66. The SMILES string of the molecule is N#CC1CC(=O)N(Cc2ccccn2)C1. The van der Waals surface area contributed by atoms with E-state index in [1.807, 2.05) is 18.2 Å². The second kappa shape index (κ2) is 4.09. The number of hydrogen-bond acceptors (Lipinski definition) is 3. The van der Waals surface area contributed by atoms with Crippen LogP contribution in [-0.2, 0) is 11.3 Å². The van der Waals surface area contributed by atoms with E-state index >= 15 is 0 Å². The van der Waals surface area contributed by atoms with Gasteiger partial charge in [0.1, 0.15) is 0 Å². The van der Waals surface area contributed by atoms with Gasteiger partial charge < -0.3 is 4.90 Å². The zero-order chi connectivity index (χ0) is 10.7. The topological polar surface area (TPSA) is 57.0 Å². The molecule has 15 heavy (non-hydrogen) atoms. The van der Waals surface area contributed by atoms with Crippen LogP contribution in [0.2, 0.25) is 0 Å². The Kier molecular flexibility index (Phi) is 2.64. The van der Waals surface area contributed by atoms with Crippen LogP contribution in [0.5, 0.6) is 0 Å². The number of carbonyl (C=O) groups excluding carboxylic acids is 1. The van der Waals surface area contributed by atoms with Crippen LogP contribution in [0.15, 0.2) is 24.4 Å². The van der Waals surface area contributed by atoms with Crippen molar-refractivity contribution in [3.63, 3.8) is 0 Å². The summed E-state index contributed by atoms with van der Waals surface area (Å²) < 4.78 is 0. The van der Waals surface area contributed by atoms with Gasteiger partial charge in [-0.1, -0.05) is 6.07 Å². The quantitative estimate of drug-likeness (QED) is 0.715. The molecule has 0 aromatic carbocycles. The van der Waals surface area contributed by atoms with Crippen LogP contribution < -0.4 is 0 Å². The average Bonchev–Trinajstić information content (AvgIpc) is 2.61. The Labute approximate surface area is 88.1 Å². The van der Waals surface area contributed by atoms with Gasteiger partial charge in [0.2, 0.25) is 5.91 Å². The van der Waals surface area contributed by atoms with E-state index in [1.165, 1.54) is 0 Å². The van der Waals surface area contributed by atoms with E-state index in [9.17, 15) is 4.79 Å². The van der Waals surface area contributed by atoms with Gasteiger partial charge in [0.15, 0.2) is 0 Å². The number of likely N-dealkylation sites (tertiary alicyclic amines) is 1. The van der Waals surface area contributed by atoms with Gasteiger partial charge in [0.05, 0.1) is 24.2 Å². The second-order valence-electron chi connectivity index (χ2n) is 3.63. The molecule has 1 unspecified atom stereocenters. The highest BCUT2D eigenvalue weighted by Crippen LogP contribution is 2.18. The first-order valence-electron chi connectivity index (χ1n) is 4.87. The maximum Gasteiger partial charge on any atom is 0.224 e. The largest absolute Gasteiger partial charge is 0.335 e. The van der Waals surface area contributed by atoms with Gasteiger partial charge in [-0.2, -0.15) is 5.26 Å². The van der Waals surface area contributed by atoms with E-state index in [4.69, 9.17) is 5.26 Å². The second-order valence-corrected chi connectivity index (χ2v) is 3.63. The Balaban J connectivity index is 2.02. The summed E-state index contributed by atoms with van der Waals surface area (Å²) in [5.74, 6) is -0.103. The molecular formula is C11H11N3O. The minimum Gasteiger partial charge on any atom is -0.335 e. The lowest BCUT2D eigenvalue weighted by Crippen LogP contribution is -2.24. The molecule has 0 aliphatic carbocycles. The van der Waals surface area contributed by atoms with Crippen molar-refractivity contribution < 1.29 is 4.79 Å². The number of nitriles is 1. The fourth-order valence-electron chi connectivity index (χ4n) is 1.70. The summed E-state index contributed by atoms with van der Waals surface area (Å²) in [6.45, 7) is 1.05. The van der Waals surface area contributed by atoms with Crippen molar-refractivity contribution in [3.05, 3.63) is 30.1 Å². The van der Waals surface area contributed by atoms with Crippen LogP contribution in [0.3, 0.4) is 0 Å². The lowest BCUT2D eigenvalue weighted by atomic mass is 10.1. The molecule has 0 bridgehead atoms. The lowest BCUT2D eigenvalue weighted by molar-refractivity contribution is -0.128. The average molecular weight is 201 g/mol. The summed E-state index contributed by atoms with van der Waals surface area (Å²) in [5.41, 5.74) is 0.865. The van der Waals surface area contributed by atoms with Crippen molar-refractivity contribution in [2.24, 2.45) is 5.92 Å². The third-order valence-electron chi connectivity index (χ3n) is 2.48. The van der Waals surface area contributed by atoms with Gasteiger partial charge in [-0.25, -0.2) is 0 Å². The molecular weight excluding hydrogens is 190 g/mol. The minimum absolute atomic E-state index is 0.0483. The molecule has 1 amide bonds. The monoisotopic (exact) mass is 201 g/mol. The highest BCUT2D eigenvalue weighted by atomic mass is 16.2. The van der Waals surface area contributed by atoms with Gasteiger partial charge in [0, 0.05) is 19.2 Å². The van der Waals surface area contributed by atoms with Gasteiger partial charge >= 0.3 is 0 Å². The van der Waals surface area contributed by atoms with Crippen molar-refractivity contribution >= 4 is 5.91 Å². The summed E-state index contributed by atoms with van der Waals surface area (Å²) in [6, 6.07) is 7.74. The molecule has 1 atom stereocenters. The fraction of sp³-hybridized carbons (Fsp3) is 0.364. The molecule has 0 radical (unpaired) electrons. The van der Waals surface area contributed by atoms with Gasteiger partial charge in [-0.3, -0.25) is 9.78 Å². The summed E-state index contributed by atoms with van der Waals surface area (Å²) >= 11 is 0. The third-order valence-corrected chi connectivity index (χ3v) is 2.48. The predicted octanol–water partition coefficient (Wildman–Crippen LogP) is 0.954. The van der Waals surface area contributed by atoms with E-state index in [2.05, 4.69) is 11.1 Å². The van der Waals surface area contributed by atoms with Crippen molar-refractivity contribution in [2.45, 2.75) is 13.0 Å². The third kappa shape index (κ3) is 2.13. The molecule has 1 saturated heterocycles. The number of aromatic nitrogens is 1. The Morgan fingerprint density at radius 3 is 3.07 bits per heavy atom. The molecule has 0 saturated carbocycles. The molecule has 2 rings (SSSR count). The van der Waals surface area contributed by atoms with Crippen molar-refractivity contribution in [1.82, 2.24) is 9.88 Å². The maximum atomic E-state index is 11.5. The number of amides is 1. The molecule has 1 aromatic rings. The van der Waals surface area contributed by atoms with Crippen LogP contribution in [-0.4, -0.2) is 22.3 Å². The van der Waals surface area contributed by atoms with E-state index in [0.717, 1.165) is 5.69 Å². The van der Waals surface area contributed by atoms with Gasteiger partial charge in [-0.05, 0) is 12.1 Å². The molecule has 2 heterocycles. The minimum atomic E-state index is -0.152. The highest BCUT2D eigenvalue weighted by Gasteiger charge is 2.29. The molecule has 0 spiro atoms. The Morgan fingerprint density at radius 1 is 1.60 bits per heavy atom. The summed E-state index contributed by atoms with van der Waals surface area (Å²) in [4.78, 5) is 17.3. The van der Waals surface area contributed by atoms with Crippen LogP contribution in [0, 0.1) is 17.2 Å². The Morgan fingerprint density at radius 2 is 2.47 bits per heavy atom. The predicted molar refractivity (Wildman–Crippen MR) is 53.4 cm³/mol. The first-order chi connectivity index (χ1) is 7.29.